The van der Waals surface area contributed by atoms with E-state index in [-0.39, 0.29) is 11.7 Å². The molecule has 0 spiro atoms. The van der Waals surface area contributed by atoms with Gasteiger partial charge in [0.05, 0.1) is 5.56 Å². The Morgan fingerprint density at radius 3 is 3.00 bits per heavy atom. The number of aryl methyl sites for hydroxylation is 1. The fraction of sp³-hybridized carbons (Fsp3) is 0.375. The monoisotopic (exact) mass is 303 g/mol. The second kappa shape index (κ2) is 5.85. The number of hydrogen-bond acceptors (Lipinski definition) is 4. The molecule has 110 valence electrons. The Morgan fingerprint density at radius 2 is 2.29 bits per heavy atom. The lowest BCUT2D eigenvalue weighted by atomic mass is 9.94. The largest absolute Gasteiger partial charge is 0.455 e. The van der Waals surface area contributed by atoms with Crippen LogP contribution >= 0.6 is 11.3 Å². The van der Waals surface area contributed by atoms with Gasteiger partial charge in [-0.3, -0.25) is 9.59 Å². The van der Waals surface area contributed by atoms with Gasteiger partial charge in [-0.1, -0.05) is 6.07 Å². The van der Waals surface area contributed by atoms with Crippen LogP contribution < -0.4 is 5.32 Å². The van der Waals surface area contributed by atoms with Crippen molar-refractivity contribution in [3.63, 3.8) is 0 Å². The minimum atomic E-state index is -0.230. The molecule has 5 heteroatoms. The van der Waals surface area contributed by atoms with Crippen LogP contribution in [-0.4, -0.2) is 18.2 Å². The van der Waals surface area contributed by atoms with Crippen LogP contribution in [0.4, 0.5) is 0 Å². The van der Waals surface area contributed by atoms with E-state index in [0.717, 1.165) is 19.3 Å². The SMILES string of the molecule is Cc1c(C(=O)NCCc2cccs2)oc2c1C(=O)CCC2. The number of ketones is 1. The third-order valence-electron chi connectivity index (χ3n) is 3.75. The summed E-state index contributed by atoms with van der Waals surface area (Å²) in [5.74, 6) is 0.829. The summed E-state index contributed by atoms with van der Waals surface area (Å²) in [6, 6.07) is 4.05. The van der Waals surface area contributed by atoms with Gasteiger partial charge in [0.1, 0.15) is 5.76 Å². The first-order valence-corrected chi connectivity index (χ1v) is 8.01. The van der Waals surface area contributed by atoms with Crippen LogP contribution in [0.25, 0.3) is 0 Å². The van der Waals surface area contributed by atoms with Crippen LogP contribution in [0.2, 0.25) is 0 Å². The third-order valence-corrected chi connectivity index (χ3v) is 4.69. The molecule has 0 atom stereocenters. The van der Waals surface area contributed by atoms with E-state index in [1.54, 1.807) is 18.3 Å². The van der Waals surface area contributed by atoms with E-state index in [1.165, 1.54) is 4.88 Å². The van der Waals surface area contributed by atoms with E-state index in [4.69, 9.17) is 4.42 Å². The number of thiophene rings is 1. The lowest BCUT2D eigenvalue weighted by molar-refractivity contribution is 0.0920. The molecule has 0 aromatic carbocycles. The van der Waals surface area contributed by atoms with Gasteiger partial charge < -0.3 is 9.73 Å². The maximum absolute atomic E-state index is 12.2. The van der Waals surface area contributed by atoms with Gasteiger partial charge >= 0.3 is 0 Å². The van der Waals surface area contributed by atoms with Crippen molar-refractivity contribution < 1.29 is 14.0 Å². The normalized spacial score (nSPS) is 14.0. The second-order valence-corrected chi connectivity index (χ2v) is 6.25. The van der Waals surface area contributed by atoms with Crippen LogP contribution in [0.3, 0.4) is 0 Å². The molecule has 3 rings (SSSR count). The summed E-state index contributed by atoms with van der Waals surface area (Å²) < 4.78 is 5.63. The first-order valence-electron chi connectivity index (χ1n) is 7.13. The van der Waals surface area contributed by atoms with Crippen molar-refractivity contribution in [2.75, 3.05) is 6.54 Å². The molecular weight excluding hydrogens is 286 g/mol. The maximum Gasteiger partial charge on any atom is 0.287 e. The van der Waals surface area contributed by atoms with E-state index in [1.807, 2.05) is 17.5 Å². The minimum Gasteiger partial charge on any atom is -0.455 e. The summed E-state index contributed by atoms with van der Waals surface area (Å²) in [5.41, 5.74) is 1.31. The van der Waals surface area contributed by atoms with E-state index in [0.29, 0.717) is 35.6 Å². The number of carbonyl (C=O) groups excluding carboxylic acids is 2. The fourth-order valence-electron chi connectivity index (χ4n) is 2.70. The Kier molecular flexibility index (Phi) is 3.92. The molecule has 2 heterocycles. The number of amides is 1. The van der Waals surface area contributed by atoms with Crippen LogP contribution in [0.15, 0.2) is 21.9 Å². The van der Waals surface area contributed by atoms with Crippen molar-refractivity contribution in [2.45, 2.75) is 32.6 Å². The Bertz CT molecular complexity index is 670. The Balaban J connectivity index is 1.69. The van der Waals surface area contributed by atoms with Crippen LogP contribution in [0.1, 0.15) is 50.0 Å². The Hall–Kier alpha value is -1.88. The second-order valence-electron chi connectivity index (χ2n) is 5.22. The highest BCUT2D eigenvalue weighted by Crippen LogP contribution is 2.29. The predicted octanol–water partition coefficient (Wildman–Crippen LogP) is 3.14. The van der Waals surface area contributed by atoms with Crippen molar-refractivity contribution >= 4 is 23.0 Å². The van der Waals surface area contributed by atoms with Crippen molar-refractivity contribution in [2.24, 2.45) is 0 Å². The molecule has 21 heavy (non-hydrogen) atoms. The molecule has 1 aliphatic carbocycles. The summed E-state index contributed by atoms with van der Waals surface area (Å²) in [7, 11) is 0. The van der Waals surface area contributed by atoms with E-state index >= 15 is 0 Å². The molecular formula is C16H17NO3S. The number of carbonyl (C=O) groups is 2. The molecule has 2 aromatic heterocycles. The number of Topliss-reactive ketones (excluding diaryl/α,β-unsaturated/α-hetero) is 1. The van der Waals surface area contributed by atoms with Crippen LogP contribution in [0.5, 0.6) is 0 Å². The topological polar surface area (TPSA) is 59.3 Å². The molecule has 0 saturated heterocycles. The van der Waals surface area contributed by atoms with E-state index in [2.05, 4.69) is 5.32 Å². The van der Waals surface area contributed by atoms with Crippen LogP contribution in [-0.2, 0) is 12.8 Å². The van der Waals surface area contributed by atoms with E-state index < -0.39 is 0 Å². The van der Waals surface area contributed by atoms with Crippen molar-refractivity contribution in [1.29, 1.82) is 0 Å². The first kappa shape index (κ1) is 14.1. The molecule has 0 saturated carbocycles. The quantitative estimate of drug-likeness (QED) is 0.944. The van der Waals surface area contributed by atoms with Crippen molar-refractivity contribution in [1.82, 2.24) is 5.32 Å². The van der Waals surface area contributed by atoms with Crippen molar-refractivity contribution in [3.8, 4) is 0 Å². The van der Waals surface area contributed by atoms with Gasteiger partial charge in [0.2, 0.25) is 0 Å². The van der Waals surface area contributed by atoms with Gasteiger partial charge in [0.15, 0.2) is 11.5 Å². The number of nitrogens with one attached hydrogen (secondary N) is 1. The zero-order chi connectivity index (χ0) is 14.8. The predicted molar refractivity (Wildman–Crippen MR) is 81.1 cm³/mol. The molecule has 0 unspecified atom stereocenters. The highest BCUT2D eigenvalue weighted by molar-refractivity contribution is 7.09. The molecule has 0 fully saturated rings. The van der Waals surface area contributed by atoms with Gasteiger partial charge in [-0.2, -0.15) is 0 Å². The van der Waals surface area contributed by atoms with Gasteiger partial charge in [-0.15, -0.1) is 11.3 Å². The number of fused-ring (bicyclic) bond motifs is 1. The zero-order valence-corrected chi connectivity index (χ0v) is 12.7. The zero-order valence-electron chi connectivity index (χ0n) is 11.9. The molecule has 1 N–H and O–H groups in total. The summed E-state index contributed by atoms with van der Waals surface area (Å²) >= 11 is 1.68. The van der Waals surface area contributed by atoms with Crippen molar-refractivity contribution in [3.05, 3.63) is 45.0 Å². The molecule has 0 radical (unpaired) electrons. The third kappa shape index (κ3) is 2.78. The van der Waals surface area contributed by atoms with Gasteiger partial charge in [-0.25, -0.2) is 0 Å². The summed E-state index contributed by atoms with van der Waals surface area (Å²) in [6.07, 6.45) is 2.90. The van der Waals surface area contributed by atoms with Gasteiger partial charge in [0.25, 0.3) is 5.91 Å². The summed E-state index contributed by atoms with van der Waals surface area (Å²) in [5, 5.41) is 4.89. The van der Waals surface area contributed by atoms with Crippen LogP contribution in [0, 0.1) is 6.92 Å². The highest BCUT2D eigenvalue weighted by Gasteiger charge is 2.28. The summed E-state index contributed by atoms with van der Waals surface area (Å²) in [6.45, 7) is 2.36. The lowest BCUT2D eigenvalue weighted by Gasteiger charge is -2.07. The smallest absolute Gasteiger partial charge is 0.287 e. The maximum atomic E-state index is 12.2. The lowest BCUT2D eigenvalue weighted by Crippen LogP contribution is -2.25. The standard InChI is InChI=1S/C16H17NO3S/c1-10-14-12(18)5-2-6-13(14)20-15(10)16(19)17-8-7-11-4-3-9-21-11/h3-4,9H,2,5-8H2,1H3,(H,17,19). The van der Waals surface area contributed by atoms with Gasteiger partial charge in [-0.05, 0) is 31.2 Å². The number of hydrogen-bond donors (Lipinski definition) is 1. The number of rotatable bonds is 4. The molecule has 1 aliphatic rings. The molecule has 4 nitrogen and oxygen atoms in total. The molecule has 0 aliphatic heterocycles. The first-order chi connectivity index (χ1) is 10.2. The molecule has 0 bridgehead atoms. The van der Waals surface area contributed by atoms with Gasteiger partial charge in [0, 0.05) is 29.8 Å². The van der Waals surface area contributed by atoms with E-state index in [9.17, 15) is 9.59 Å². The average molecular weight is 303 g/mol. The minimum absolute atomic E-state index is 0.0927. The Labute approximate surface area is 127 Å². The highest BCUT2D eigenvalue weighted by atomic mass is 32.1. The number of furan rings is 1. The molecule has 2 aromatic rings. The molecule has 1 amide bonds. The Morgan fingerprint density at radius 1 is 1.43 bits per heavy atom. The summed E-state index contributed by atoms with van der Waals surface area (Å²) in [4.78, 5) is 25.4. The average Bonchev–Trinajstić information content (AvgIpc) is 3.08. The fourth-order valence-corrected chi connectivity index (χ4v) is 3.41.